The van der Waals surface area contributed by atoms with E-state index >= 15 is 0 Å². The quantitative estimate of drug-likeness (QED) is 0.331. The lowest BCUT2D eigenvalue weighted by Gasteiger charge is -2.12. The molecule has 1 aromatic heterocycles. The van der Waals surface area contributed by atoms with Crippen LogP contribution in [0.4, 0.5) is 0 Å². The van der Waals surface area contributed by atoms with Gasteiger partial charge >= 0.3 is 5.97 Å². The number of rotatable bonds is 8. The highest BCUT2D eigenvalue weighted by Crippen LogP contribution is 2.23. The van der Waals surface area contributed by atoms with Gasteiger partial charge in [0.15, 0.2) is 19.0 Å². The van der Waals surface area contributed by atoms with Crippen LogP contribution in [-0.4, -0.2) is 31.6 Å². The van der Waals surface area contributed by atoms with E-state index in [9.17, 15) is 14.8 Å². The summed E-state index contributed by atoms with van der Waals surface area (Å²) in [5, 5.41) is 13.6. The van der Waals surface area contributed by atoms with Crippen molar-refractivity contribution in [3.05, 3.63) is 64.1 Å². The maximum atomic E-state index is 11.7. The van der Waals surface area contributed by atoms with E-state index in [1.165, 1.54) is 30.1 Å². The van der Waals surface area contributed by atoms with E-state index in [0.29, 0.717) is 24.3 Å². The molecule has 0 unspecified atom stereocenters. The van der Waals surface area contributed by atoms with Gasteiger partial charge in [-0.15, -0.1) is 0 Å². The molecule has 1 heterocycles. The molecule has 0 aliphatic heterocycles. The molecule has 2 rings (SSSR count). The van der Waals surface area contributed by atoms with Crippen molar-refractivity contribution in [2.24, 2.45) is 0 Å². The Bertz CT molecular complexity index is 803. The van der Waals surface area contributed by atoms with Gasteiger partial charge in [0.2, 0.25) is 0 Å². The SMILES string of the molecule is Cc1cc(C)c(C)c(OCCCNC(=O)COC(=O)c2cc[n+]([O-])cc2)c1. The third kappa shape index (κ3) is 6.29. The Hall–Kier alpha value is -3.09. The molecule has 0 radical (unpaired) electrons. The van der Waals surface area contributed by atoms with Gasteiger partial charge in [-0.1, -0.05) is 6.07 Å². The van der Waals surface area contributed by atoms with Crippen LogP contribution >= 0.6 is 0 Å². The zero-order valence-corrected chi connectivity index (χ0v) is 15.8. The first kappa shape index (κ1) is 20.2. The highest BCUT2D eigenvalue weighted by atomic mass is 16.5. The molecule has 27 heavy (non-hydrogen) atoms. The first-order chi connectivity index (χ1) is 12.9. The van der Waals surface area contributed by atoms with Gasteiger partial charge in [-0.25, -0.2) is 4.79 Å². The van der Waals surface area contributed by atoms with Crippen molar-refractivity contribution < 1.29 is 23.8 Å². The van der Waals surface area contributed by atoms with E-state index in [-0.39, 0.29) is 18.1 Å². The number of amides is 1. The fraction of sp³-hybridized carbons (Fsp3) is 0.350. The number of benzene rings is 1. The summed E-state index contributed by atoms with van der Waals surface area (Å²) in [5.41, 5.74) is 3.65. The lowest BCUT2D eigenvalue weighted by atomic mass is 10.1. The van der Waals surface area contributed by atoms with Crippen molar-refractivity contribution in [1.82, 2.24) is 5.32 Å². The van der Waals surface area contributed by atoms with E-state index in [4.69, 9.17) is 9.47 Å². The highest BCUT2D eigenvalue weighted by molar-refractivity contribution is 5.91. The summed E-state index contributed by atoms with van der Waals surface area (Å²) in [4.78, 5) is 23.5. The molecule has 2 aromatic rings. The normalized spacial score (nSPS) is 10.3. The predicted octanol–water partition coefficient (Wildman–Crippen LogP) is 1.99. The zero-order chi connectivity index (χ0) is 19.8. The maximum Gasteiger partial charge on any atom is 0.339 e. The van der Waals surface area contributed by atoms with Crippen LogP contribution < -0.4 is 14.8 Å². The third-order valence-electron chi connectivity index (χ3n) is 4.04. The summed E-state index contributed by atoms with van der Waals surface area (Å²) in [6, 6.07) is 6.77. The predicted molar refractivity (Wildman–Crippen MR) is 99.5 cm³/mol. The smallest absolute Gasteiger partial charge is 0.339 e. The number of hydrogen-bond acceptors (Lipinski definition) is 5. The van der Waals surface area contributed by atoms with Crippen LogP contribution in [0.5, 0.6) is 5.75 Å². The summed E-state index contributed by atoms with van der Waals surface area (Å²) in [6.07, 6.45) is 3.01. The van der Waals surface area contributed by atoms with E-state index in [0.717, 1.165) is 16.9 Å². The molecule has 1 N–H and O–H groups in total. The minimum atomic E-state index is -0.653. The molecule has 0 aliphatic rings. The number of ether oxygens (including phenoxy) is 2. The van der Waals surface area contributed by atoms with Crippen LogP contribution in [0.2, 0.25) is 0 Å². The van der Waals surface area contributed by atoms with Gasteiger partial charge in [0, 0.05) is 18.7 Å². The van der Waals surface area contributed by atoms with E-state index < -0.39 is 5.97 Å². The monoisotopic (exact) mass is 372 g/mol. The summed E-state index contributed by atoms with van der Waals surface area (Å²) in [7, 11) is 0. The molecular weight excluding hydrogens is 348 g/mol. The molecule has 7 nitrogen and oxygen atoms in total. The number of nitrogens with one attached hydrogen (secondary N) is 1. The van der Waals surface area contributed by atoms with E-state index in [1.807, 2.05) is 26.8 Å². The van der Waals surface area contributed by atoms with Crippen LogP contribution in [0.25, 0.3) is 0 Å². The van der Waals surface area contributed by atoms with Gasteiger partial charge in [0.1, 0.15) is 5.75 Å². The van der Waals surface area contributed by atoms with E-state index in [1.54, 1.807) is 0 Å². The molecule has 0 fully saturated rings. The molecule has 0 saturated carbocycles. The second-order valence-corrected chi connectivity index (χ2v) is 6.28. The van der Waals surface area contributed by atoms with Gasteiger partial charge in [-0.3, -0.25) is 4.79 Å². The standard InChI is InChI=1S/C20H24N2O5/c1-14-11-15(2)16(3)18(12-14)26-10-4-7-21-19(23)13-27-20(24)17-5-8-22(25)9-6-17/h5-6,8-9,11-12H,4,7,10,13H2,1-3H3,(H,21,23). The summed E-state index contributed by atoms with van der Waals surface area (Å²) in [5.74, 6) is -0.185. The lowest BCUT2D eigenvalue weighted by Crippen LogP contribution is -2.30. The van der Waals surface area contributed by atoms with Crippen molar-refractivity contribution in [3.8, 4) is 5.75 Å². The number of nitrogens with zero attached hydrogens (tertiary/aromatic N) is 1. The van der Waals surface area contributed by atoms with Crippen LogP contribution in [0.1, 0.15) is 33.5 Å². The fourth-order valence-electron chi connectivity index (χ4n) is 2.45. The molecule has 0 spiro atoms. The highest BCUT2D eigenvalue weighted by Gasteiger charge is 2.11. The summed E-state index contributed by atoms with van der Waals surface area (Å²) < 4.78 is 11.2. The number of aryl methyl sites for hydroxylation is 2. The van der Waals surface area contributed by atoms with Gasteiger partial charge < -0.3 is 20.0 Å². The molecule has 1 amide bonds. The van der Waals surface area contributed by atoms with Crippen molar-refractivity contribution in [2.75, 3.05) is 19.8 Å². The van der Waals surface area contributed by atoms with Crippen molar-refractivity contribution >= 4 is 11.9 Å². The van der Waals surface area contributed by atoms with Gasteiger partial charge in [0.25, 0.3) is 5.91 Å². The van der Waals surface area contributed by atoms with Gasteiger partial charge in [-0.05, 0) is 49.9 Å². The topological polar surface area (TPSA) is 91.6 Å². The average Bonchev–Trinajstić information content (AvgIpc) is 2.63. The lowest BCUT2D eigenvalue weighted by molar-refractivity contribution is -0.605. The Morgan fingerprint density at radius 1 is 1.15 bits per heavy atom. The molecule has 7 heteroatoms. The van der Waals surface area contributed by atoms with Gasteiger partial charge in [-0.2, -0.15) is 4.73 Å². The number of pyridine rings is 1. The molecule has 0 saturated heterocycles. The number of aromatic nitrogens is 1. The Balaban J connectivity index is 1.65. The molecule has 144 valence electrons. The van der Waals surface area contributed by atoms with Crippen LogP contribution in [-0.2, 0) is 9.53 Å². The first-order valence-corrected chi connectivity index (χ1v) is 8.70. The minimum Gasteiger partial charge on any atom is -0.619 e. The molecule has 0 bridgehead atoms. The maximum absolute atomic E-state index is 11.7. The molecule has 1 aromatic carbocycles. The fourth-order valence-corrected chi connectivity index (χ4v) is 2.45. The number of carbonyl (C=O) groups excluding carboxylic acids is 2. The van der Waals surface area contributed by atoms with Crippen molar-refractivity contribution in [1.29, 1.82) is 0 Å². The average molecular weight is 372 g/mol. The Morgan fingerprint density at radius 3 is 2.56 bits per heavy atom. The van der Waals surface area contributed by atoms with E-state index in [2.05, 4.69) is 11.4 Å². The van der Waals surface area contributed by atoms with Gasteiger partial charge in [0.05, 0.1) is 12.2 Å². The van der Waals surface area contributed by atoms with Crippen LogP contribution in [0, 0.1) is 26.0 Å². The van der Waals surface area contributed by atoms with Crippen molar-refractivity contribution in [3.63, 3.8) is 0 Å². The second kappa shape index (κ2) is 9.56. The zero-order valence-electron chi connectivity index (χ0n) is 15.8. The molecular formula is C20H24N2O5. The second-order valence-electron chi connectivity index (χ2n) is 6.28. The Kier molecular flexibility index (Phi) is 7.16. The number of carbonyl (C=O) groups is 2. The van der Waals surface area contributed by atoms with Crippen molar-refractivity contribution in [2.45, 2.75) is 27.2 Å². The first-order valence-electron chi connectivity index (χ1n) is 8.70. The minimum absolute atomic E-state index is 0.215. The number of hydrogen-bond donors (Lipinski definition) is 1. The summed E-state index contributed by atoms with van der Waals surface area (Å²) in [6.45, 7) is 6.61. The molecule has 0 aliphatic carbocycles. The van der Waals surface area contributed by atoms with Crippen LogP contribution in [0.3, 0.4) is 0 Å². The largest absolute Gasteiger partial charge is 0.619 e. The summed E-state index contributed by atoms with van der Waals surface area (Å²) >= 11 is 0. The van der Waals surface area contributed by atoms with Crippen LogP contribution in [0.15, 0.2) is 36.7 Å². The third-order valence-corrected chi connectivity index (χ3v) is 4.04. The molecule has 0 atom stereocenters. The Labute approximate surface area is 158 Å². The Morgan fingerprint density at radius 2 is 1.85 bits per heavy atom. The number of esters is 1.